The second-order valence-corrected chi connectivity index (χ2v) is 4.73. The summed E-state index contributed by atoms with van der Waals surface area (Å²) in [5, 5.41) is 0. The minimum atomic E-state index is 0.0577. The van der Waals surface area contributed by atoms with Crippen molar-refractivity contribution in [2.75, 3.05) is 0 Å². The number of rotatable bonds is 7. The van der Waals surface area contributed by atoms with E-state index in [1.165, 1.54) is 0 Å². The summed E-state index contributed by atoms with van der Waals surface area (Å²) in [7, 11) is 0. The molecule has 0 saturated heterocycles. The summed E-state index contributed by atoms with van der Waals surface area (Å²) >= 11 is 0. The number of benzene rings is 1. The van der Waals surface area contributed by atoms with E-state index in [4.69, 9.17) is 0 Å². The van der Waals surface area contributed by atoms with Gasteiger partial charge in [-0.05, 0) is 29.5 Å². The predicted octanol–water partition coefficient (Wildman–Crippen LogP) is 4.89. The van der Waals surface area contributed by atoms with Gasteiger partial charge in [0.25, 0.3) is 0 Å². The molecule has 0 N–H and O–H groups in total. The number of hydrogen-bond donors (Lipinski definition) is 0. The Morgan fingerprint density at radius 1 is 1.44 bits per heavy atom. The van der Waals surface area contributed by atoms with Crippen LogP contribution in [0.5, 0.6) is 0 Å². The maximum Gasteiger partial charge on any atom is 0.188 e. The van der Waals surface area contributed by atoms with E-state index in [-0.39, 0.29) is 11.7 Å². The Kier molecular flexibility index (Phi) is 5.57. The standard InChI is InChI=1S/C17H22O/c1-5-7-9-13(3)14(4)17(18)16-11-8-10-15(6-2)12-16/h6,8,10-13H,2,4-5,7,9H2,1,3H3. The molecule has 96 valence electrons. The van der Waals surface area contributed by atoms with Gasteiger partial charge in [-0.1, -0.05) is 64.1 Å². The quantitative estimate of drug-likeness (QED) is 0.491. The first kappa shape index (κ1) is 14.4. The molecule has 1 unspecified atom stereocenters. The van der Waals surface area contributed by atoms with E-state index in [0.717, 1.165) is 24.8 Å². The minimum absolute atomic E-state index is 0.0577. The van der Waals surface area contributed by atoms with Gasteiger partial charge in [0.1, 0.15) is 0 Å². The van der Waals surface area contributed by atoms with Crippen molar-refractivity contribution in [1.82, 2.24) is 0 Å². The molecular formula is C17H22O. The fraction of sp³-hybridized carbons (Fsp3) is 0.353. The van der Waals surface area contributed by atoms with E-state index in [0.29, 0.717) is 11.1 Å². The topological polar surface area (TPSA) is 17.1 Å². The van der Waals surface area contributed by atoms with E-state index in [2.05, 4.69) is 27.0 Å². The summed E-state index contributed by atoms with van der Waals surface area (Å²) in [5.74, 6) is 0.312. The number of carbonyl (C=O) groups is 1. The highest BCUT2D eigenvalue weighted by Crippen LogP contribution is 2.20. The third kappa shape index (κ3) is 3.69. The zero-order valence-corrected chi connectivity index (χ0v) is 11.4. The summed E-state index contributed by atoms with van der Waals surface area (Å²) in [5.41, 5.74) is 2.39. The van der Waals surface area contributed by atoms with Crippen LogP contribution in [-0.2, 0) is 0 Å². The van der Waals surface area contributed by atoms with Crippen LogP contribution in [0, 0.1) is 5.92 Å². The second kappa shape index (κ2) is 6.95. The Labute approximate surface area is 110 Å². The molecule has 1 aromatic carbocycles. The van der Waals surface area contributed by atoms with Crippen molar-refractivity contribution in [2.24, 2.45) is 5.92 Å². The van der Waals surface area contributed by atoms with Gasteiger partial charge in [-0.15, -0.1) is 0 Å². The van der Waals surface area contributed by atoms with Gasteiger partial charge in [0.05, 0.1) is 0 Å². The largest absolute Gasteiger partial charge is 0.289 e. The van der Waals surface area contributed by atoms with Crippen molar-refractivity contribution in [3.05, 3.63) is 54.1 Å². The molecule has 0 aliphatic carbocycles. The van der Waals surface area contributed by atoms with Crippen LogP contribution in [-0.4, -0.2) is 5.78 Å². The lowest BCUT2D eigenvalue weighted by Gasteiger charge is -2.13. The summed E-state index contributed by atoms with van der Waals surface area (Å²) in [4.78, 5) is 12.3. The van der Waals surface area contributed by atoms with Crippen LogP contribution in [0.25, 0.3) is 6.08 Å². The highest BCUT2D eigenvalue weighted by Gasteiger charge is 2.16. The van der Waals surface area contributed by atoms with Crippen molar-refractivity contribution < 1.29 is 4.79 Å². The molecule has 1 rings (SSSR count). The molecule has 0 aliphatic heterocycles. The Hall–Kier alpha value is -1.63. The Morgan fingerprint density at radius 2 is 2.17 bits per heavy atom. The van der Waals surface area contributed by atoms with Crippen LogP contribution in [0.3, 0.4) is 0 Å². The number of Topliss-reactive ketones (excluding diaryl/α,β-unsaturated/α-hetero) is 1. The van der Waals surface area contributed by atoms with Crippen LogP contribution in [0.2, 0.25) is 0 Å². The average Bonchev–Trinajstić information content (AvgIpc) is 2.43. The number of hydrogen-bond acceptors (Lipinski definition) is 1. The van der Waals surface area contributed by atoms with E-state index >= 15 is 0 Å². The first-order valence-corrected chi connectivity index (χ1v) is 6.56. The highest BCUT2D eigenvalue weighted by atomic mass is 16.1. The molecule has 0 fully saturated rings. The molecule has 0 amide bonds. The summed E-state index contributed by atoms with van der Waals surface area (Å²) in [6.45, 7) is 11.9. The van der Waals surface area contributed by atoms with Gasteiger partial charge in [0, 0.05) is 5.56 Å². The third-order valence-electron chi connectivity index (χ3n) is 3.26. The van der Waals surface area contributed by atoms with Crippen molar-refractivity contribution in [3.8, 4) is 0 Å². The normalized spacial score (nSPS) is 11.9. The van der Waals surface area contributed by atoms with Gasteiger partial charge in [0.15, 0.2) is 5.78 Å². The fourth-order valence-corrected chi connectivity index (χ4v) is 1.90. The molecule has 0 heterocycles. The molecule has 18 heavy (non-hydrogen) atoms. The Morgan fingerprint density at radius 3 is 2.78 bits per heavy atom. The van der Waals surface area contributed by atoms with Crippen molar-refractivity contribution >= 4 is 11.9 Å². The van der Waals surface area contributed by atoms with Crippen LogP contribution in [0.4, 0.5) is 0 Å². The summed E-state index contributed by atoms with van der Waals surface area (Å²) in [6, 6.07) is 7.53. The minimum Gasteiger partial charge on any atom is -0.289 e. The first-order chi connectivity index (χ1) is 8.60. The van der Waals surface area contributed by atoms with Crippen LogP contribution >= 0.6 is 0 Å². The molecule has 1 nitrogen and oxygen atoms in total. The zero-order valence-electron chi connectivity index (χ0n) is 11.4. The Balaban J connectivity index is 2.79. The summed E-state index contributed by atoms with van der Waals surface area (Å²) in [6.07, 6.45) is 5.07. The molecule has 0 radical (unpaired) electrons. The van der Waals surface area contributed by atoms with Gasteiger partial charge in [-0.2, -0.15) is 0 Å². The first-order valence-electron chi connectivity index (χ1n) is 6.56. The lowest BCUT2D eigenvalue weighted by molar-refractivity contribution is 0.102. The van der Waals surface area contributed by atoms with Gasteiger partial charge in [0.2, 0.25) is 0 Å². The summed E-state index contributed by atoms with van der Waals surface area (Å²) < 4.78 is 0. The van der Waals surface area contributed by atoms with Gasteiger partial charge in [-0.25, -0.2) is 0 Å². The number of carbonyl (C=O) groups excluding carboxylic acids is 1. The monoisotopic (exact) mass is 242 g/mol. The maximum absolute atomic E-state index is 12.3. The highest BCUT2D eigenvalue weighted by molar-refractivity contribution is 6.08. The molecule has 0 bridgehead atoms. The van der Waals surface area contributed by atoms with Gasteiger partial charge >= 0.3 is 0 Å². The predicted molar refractivity (Wildman–Crippen MR) is 78.7 cm³/mol. The smallest absolute Gasteiger partial charge is 0.188 e. The van der Waals surface area contributed by atoms with Gasteiger partial charge in [-0.3, -0.25) is 4.79 Å². The zero-order chi connectivity index (χ0) is 13.5. The number of ketones is 1. The van der Waals surface area contributed by atoms with Gasteiger partial charge < -0.3 is 0 Å². The Bertz CT molecular complexity index is 443. The van der Waals surface area contributed by atoms with Crippen molar-refractivity contribution in [1.29, 1.82) is 0 Å². The van der Waals surface area contributed by atoms with Crippen molar-refractivity contribution in [3.63, 3.8) is 0 Å². The van der Waals surface area contributed by atoms with Crippen LogP contribution < -0.4 is 0 Å². The van der Waals surface area contributed by atoms with E-state index < -0.39 is 0 Å². The molecule has 0 saturated carbocycles. The van der Waals surface area contributed by atoms with E-state index in [1.54, 1.807) is 6.08 Å². The lowest BCUT2D eigenvalue weighted by Crippen LogP contribution is -2.10. The number of unbranched alkanes of at least 4 members (excludes halogenated alkanes) is 1. The molecule has 1 heteroatoms. The van der Waals surface area contributed by atoms with E-state index in [9.17, 15) is 4.79 Å². The second-order valence-electron chi connectivity index (χ2n) is 4.73. The fourth-order valence-electron chi connectivity index (χ4n) is 1.90. The van der Waals surface area contributed by atoms with Crippen molar-refractivity contribution in [2.45, 2.75) is 33.1 Å². The molecule has 0 aliphatic rings. The lowest BCUT2D eigenvalue weighted by atomic mass is 9.90. The van der Waals surface area contributed by atoms with Crippen LogP contribution in [0.1, 0.15) is 49.0 Å². The SMILES string of the molecule is C=Cc1cccc(C(=O)C(=C)C(C)CCCC)c1. The van der Waals surface area contributed by atoms with Crippen LogP contribution in [0.15, 0.2) is 43.0 Å². The molecule has 0 spiro atoms. The molecule has 1 atom stereocenters. The molecular weight excluding hydrogens is 220 g/mol. The molecule has 1 aromatic rings. The average molecular weight is 242 g/mol. The molecule has 0 aromatic heterocycles. The number of allylic oxidation sites excluding steroid dienone is 1. The maximum atomic E-state index is 12.3. The third-order valence-corrected chi connectivity index (χ3v) is 3.26. The van der Waals surface area contributed by atoms with E-state index in [1.807, 2.05) is 24.3 Å².